The zero-order valence-electron chi connectivity index (χ0n) is 11.6. The van der Waals surface area contributed by atoms with E-state index in [2.05, 4.69) is 9.71 Å². The summed E-state index contributed by atoms with van der Waals surface area (Å²) in [7, 11) is -0.512. The number of hydrogen-bond acceptors (Lipinski definition) is 5. The maximum Gasteiger partial charge on any atom is 0.332 e. The number of nitrogens with zero attached hydrogens (tertiary/aromatic N) is 4. The Kier molecular flexibility index (Phi) is 3.95. The summed E-state index contributed by atoms with van der Waals surface area (Å²) in [5.41, 5.74) is -0.734. The monoisotopic (exact) mass is 335 g/mol. The van der Waals surface area contributed by atoms with Crippen LogP contribution in [0.3, 0.4) is 0 Å². The van der Waals surface area contributed by atoms with Crippen molar-refractivity contribution in [1.82, 2.24) is 23.4 Å². The molecule has 2 rings (SSSR count). The van der Waals surface area contributed by atoms with Gasteiger partial charge in [-0.05, 0) is 11.6 Å². The maximum atomic E-state index is 12.2. The van der Waals surface area contributed by atoms with Crippen molar-refractivity contribution in [1.29, 1.82) is 0 Å². The molecule has 2 heterocycles. The number of sulfonamides is 1. The zero-order valence-corrected chi connectivity index (χ0v) is 13.2. The Hall–Kier alpha value is -1.65. The summed E-state index contributed by atoms with van der Waals surface area (Å²) in [6, 6.07) is 0. The lowest BCUT2D eigenvalue weighted by Gasteiger charge is -2.07. The number of fused-ring (bicyclic) bond motifs is 1. The van der Waals surface area contributed by atoms with Crippen LogP contribution < -0.4 is 16.0 Å². The molecule has 0 fully saturated rings. The number of aromatic nitrogens is 4. The highest BCUT2D eigenvalue weighted by Crippen LogP contribution is 2.14. The molecule has 0 saturated heterocycles. The molecule has 9 nitrogen and oxygen atoms in total. The SMILES string of the molecule is Cn1c(=O)c2c(nc(Cl)n2CCNS(C)(=O)=O)n(C)c1=O. The lowest BCUT2D eigenvalue weighted by atomic mass is 10.5. The van der Waals surface area contributed by atoms with Crippen LogP contribution in [0.25, 0.3) is 11.2 Å². The summed E-state index contributed by atoms with van der Waals surface area (Å²) >= 11 is 5.98. The number of aryl methyl sites for hydroxylation is 1. The quantitative estimate of drug-likeness (QED) is 0.694. The van der Waals surface area contributed by atoms with Crippen molar-refractivity contribution >= 4 is 32.8 Å². The number of halogens is 1. The van der Waals surface area contributed by atoms with Crippen molar-refractivity contribution in [2.24, 2.45) is 14.1 Å². The van der Waals surface area contributed by atoms with Gasteiger partial charge < -0.3 is 4.57 Å². The van der Waals surface area contributed by atoms with E-state index >= 15 is 0 Å². The summed E-state index contributed by atoms with van der Waals surface area (Å²) < 4.78 is 27.9. The summed E-state index contributed by atoms with van der Waals surface area (Å²) in [6.07, 6.45) is 1.03. The summed E-state index contributed by atoms with van der Waals surface area (Å²) in [5, 5.41) is 0.0126. The van der Waals surface area contributed by atoms with Gasteiger partial charge in [0.1, 0.15) is 0 Å². The van der Waals surface area contributed by atoms with E-state index in [1.807, 2.05) is 0 Å². The van der Waals surface area contributed by atoms with Crippen LogP contribution >= 0.6 is 11.6 Å². The van der Waals surface area contributed by atoms with Gasteiger partial charge in [0.05, 0.1) is 6.26 Å². The molecule has 0 aromatic carbocycles. The van der Waals surface area contributed by atoms with Crippen LogP contribution in [-0.4, -0.2) is 39.9 Å². The van der Waals surface area contributed by atoms with Gasteiger partial charge in [0.25, 0.3) is 5.56 Å². The lowest BCUT2D eigenvalue weighted by molar-refractivity contribution is 0.580. The van der Waals surface area contributed by atoms with Crippen LogP contribution in [0.5, 0.6) is 0 Å². The van der Waals surface area contributed by atoms with E-state index < -0.39 is 21.3 Å². The first-order valence-electron chi connectivity index (χ1n) is 5.90. The molecule has 11 heteroatoms. The largest absolute Gasteiger partial charge is 0.332 e. The van der Waals surface area contributed by atoms with Crippen molar-refractivity contribution in [2.75, 3.05) is 12.8 Å². The van der Waals surface area contributed by atoms with Gasteiger partial charge in [0.2, 0.25) is 15.3 Å². The zero-order chi connectivity index (χ0) is 15.9. The van der Waals surface area contributed by atoms with E-state index in [1.54, 1.807) is 0 Å². The molecule has 0 aliphatic rings. The van der Waals surface area contributed by atoms with Gasteiger partial charge in [0, 0.05) is 27.2 Å². The fraction of sp³-hybridized carbons (Fsp3) is 0.500. The third kappa shape index (κ3) is 2.87. The summed E-state index contributed by atoms with van der Waals surface area (Å²) in [5.74, 6) is 0. The molecular formula is C10H14ClN5O4S. The van der Waals surface area contributed by atoms with Crippen LogP contribution in [0.1, 0.15) is 0 Å². The van der Waals surface area contributed by atoms with Crippen molar-refractivity contribution in [3.63, 3.8) is 0 Å². The Labute approximate surface area is 124 Å². The molecule has 0 amide bonds. The summed E-state index contributed by atoms with van der Waals surface area (Å²) in [4.78, 5) is 28.0. The molecule has 0 unspecified atom stereocenters. The minimum absolute atomic E-state index is 0.0126. The van der Waals surface area contributed by atoms with E-state index in [0.29, 0.717) is 0 Å². The first-order valence-corrected chi connectivity index (χ1v) is 8.17. The number of nitrogens with one attached hydrogen (secondary N) is 1. The third-order valence-corrected chi connectivity index (χ3v) is 4.02. The van der Waals surface area contributed by atoms with E-state index in [-0.39, 0.29) is 29.5 Å². The van der Waals surface area contributed by atoms with Crippen molar-refractivity contribution in [2.45, 2.75) is 6.54 Å². The molecule has 0 bridgehead atoms. The van der Waals surface area contributed by atoms with Gasteiger partial charge in [-0.2, -0.15) is 4.98 Å². The van der Waals surface area contributed by atoms with Crippen LogP contribution in [0, 0.1) is 0 Å². The smallest absolute Gasteiger partial charge is 0.307 e. The molecule has 0 atom stereocenters. The van der Waals surface area contributed by atoms with E-state index in [4.69, 9.17) is 11.6 Å². The molecule has 0 radical (unpaired) electrons. The summed E-state index contributed by atoms with van der Waals surface area (Å²) in [6.45, 7) is 0.172. The predicted molar refractivity (Wildman–Crippen MR) is 78.1 cm³/mol. The van der Waals surface area contributed by atoms with E-state index in [0.717, 1.165) is 10.8 Å². The average Bonchev–Trinajstić information content (AvgIpc) is 2.70. The predicted octanol–water partition coefficient (Wildman–Crippen LogP) is -1.36. The van der Waals surface area contributed by atoms with Gasteiger partial charge in [-0.3, -0.25) is 13.9 Å². The second kappa shape index (κ2) is 5.28. The normalized spacial score (nSPS) is 12.2. The van der Waals surface area contributed by atoms with Gasteiger partial charge in [-0.25, -0.2) is 17.9 Å². The number of rotatable bonds is 4. The molecule has 0 spiro atoms. The highest BCUT2D eigenvalue weighted by atomic mass is 35.5. The maximum absolute atomic E-state index is 12.2. The van der Waals surface area contributed by atoms with Gasteiger partial charge in [0.15, 0.2) is 11.2 Å². The Morgan fingerprint density at radius 3 is 2.43 bits per heavy atom. The van der Waals surface area contributed by atoms with Crippen molar-refractivity contribution < 1.29 is 8.42 Å². The van der Waals surface area contributed by atoms with Gasteiger partial charge in [-0.1, -0.05) is 0 Å². The molecule has 0 saturated carbocycles. The van der Waals surface area contributed by atoms with Crippen LogP contribution in [0.2, 0.25) is 5.28 Å². The number of hydrogen-bond donors (Lipinski definition) is 1. The second-order valence-corrected chi connectivity index (χ2v) is 6.75. The minimum atomic E-state index is -3.34. The molecule has 0 aliphatic carbocycles. The van der Waals surface area contributed by atoms with Crippen LogP contribution in [0.4, 0.5) is 0 Å². The van der Waals surface area contributed by atoms with Crippen molar-refractivity contribution in [3.05, 3.63) is 26.1 Å². The van der Waals surface area contributed by atoms with Crippen LogP contribution in [0.15, 0.2) is 9.59 Å². The van der Waals surface area contributed by atoms with Gasteiger partial charge in [-0.15, -0.1) is 0 Å². The van der Waals surface area contributed by atoms with Crippen molar-refractivity contribution in [3.8, 4) is 0 Å². The molecule has 116 valence electrons. The second-order valence-electron chi connectivity index (χ2n) is 4.58. The Morgan fingerprint density at radius 1 is 1.24 bits per heavy atom. The Balaban J connectivity index is 2.58. The fourth-order valence-corrected chi connectivity index (χ4v) is 2.68. The average molecular weight is 336 g/mol. The van der Waals surface area contributed by atoms with E-state index in [1.165, 1.54) is 23.2 Å². The molecule has 0 aliphatic heterocycles. The fourth-order valence-electron chi connectivity index (χ4n) is 1.97. The number of imidazole rings is 1. The highest BCUT2D eigenvalue weighted by molar-refractivity contribution is 7.88. The topological polar surface area (TPSA) is 108 Å². The first-order chi connectivity index (χ1) is 9.63. The lowest BCUT2D eigenvalue weighted by Crippen LogP contribution is -2.37. The van der Waals surface area contributed by atoms with Crippen LogP contribution in [-0.2, 0) is 30.7 Å². The molecule has 2 aromatic rings. The Bertz CT molecular complexity index is 924. The Morgan fingerprint density at radius 2 is 1.86 bits per heavy atom. The minimum Gasteiger partial charge on any atom is -0.307 e. The molecule has 1 N–H and O–H groups in total. The molecular weight excluding hydrogens is 322 g/mol. The van der Waals surface area contributed by atoms with E-state index in [9.17, 15) is 18.0 Å². The standard InChI is InChI=1S/C10H14ClN5O4S/c1-14-7-6(8(17)15(2)10(14)18)16(9(11)13-7)5-4-12-21(3,19)20/h12H,4-5H2,1-3H3. The molecule has 2 aromatic heterocycles. The van der Waals surface area contributed by atoms with Gasteiger partial charge >= 0.3 is 5.69 Å². The first kappa shape index (κ1) is 15.7. The third-order valence-electron chi connectivity index (χ3n) is 3.00. The highest BCUT2D eigenvalue weighted by Gasteiger charge is 2.17. The molecule has 21 heavy (non-hydrogen) atoms.